The summed E-state index contributed by atoms with van der Waals surface area (Å²) in [6.45, 7) is 9.60. The monoisotopic (exact) mass is 754 g/mol. The lowest BCUT2D eigenvalue weighted by Crippen LogP contribution is -2.57. The van der Waals surface area contributed by atoms with Gasteiger partial charge in [0.25, 0.3) is 0 Å². The number of hydrogen-bond acceptors (Lipinski definition) is 11. The Morgan fingerprint density at radius 2 is 1.91 bits per heavy atom. The summed E-state index contributed by atoms with van der Waals surface area (Å²) in [5.74, 6) is -1.12. The molecule has 5 atom stereocenters. The van der Waals surface area contributed by atoms with E-state index in [1.165, 1.54) is 15.9 Å². The van der Waals surface area contributed by atoms with Gasteiger partial charge >= 0.3 is 12.2 Å². The third-order valence-electron chi connectivity index (χ3n) is 11.0. The number of alkyl carbamates (subject to hydrolysis) is 1. The van der Waals surface area contributed by atoms with Crippen molar-refractivity contribution in [3.63, 3.8) is 0 Å². The summed E-state index contributed by atoms with van der Waals surface area (Å²) in [6.07, 6.45) is 4.86. The zero-order valence-electron chi connectivity index (χ0n) is 30.2. The number of fused-ring (bicyclic) bond motifs is 5. The van der Waals surface area contributed by atoms with Gasteiger partial charge in [-0.05, 0) is 60.6 Å². The Kier molecular flexibility index (Phi) is 9.48. The van der Waals surface area contributed by atoms with Crippen LogP contribution in [0, 0.1) is 16.7 Å². The molecule has 6 aliphatic rings. The first-order chi connectivity index (χ1) is 25.1. The minimum Gasteiger partial charge on any atom is -0.454 e. The Bertz CT molecular complexity index is 1880. The van der Waals surface area contributed by atoms with Gasteiger partial charge in [0.2, 0.25) is 28.6 Å². The molecule has 1 unspecified atom stereocenters. The van der Waals surface area contributed by atoms with Gasteiger partial charge in [0.15, 0.2) is 17.3 Å². The number of ketones is 1. The maximum atomic E-state index is 14.4. The molecule has 15 nitrogen and oxygen atoms in total. The van der Waals surface area contributed by atoms with E-state index in [0.29, 0.717) is 37.2 Å². The van der Waals surface area contributed by atoms with Crippen molar-refractivity contribution in [1.29, 1.82) is 0 Å². The number of cyclic esters (lactones) is 1. The van der Waals surface area contributed by atoms with E-state index in [-0.39, 0.29) is 52.3 Å². The van der Waals surface area contributed by atoms with Crippen molar-refractivity contribution >= 4 is 45.9 Å². The molecular weight excluding hydrogens is 708 g/mol. The van der Waals surface area contributed by atoms with Crippen LogP contribution in [0.5, 0.6) is 11.5 Å². The van der Waals surface area contributed by atoms with Crippen molar-refractivity contribution in [1.82, 2.24) is 19.8 Å². The molecule has 2 saturated carbocycles. The van der Waals surface area contributed by atoms with Crippen molar-refractivity contribution in [3.05, 3.63) is 41.5 Å². The van der Waals surface area contributed by atoms with Gasteiger partial charge < -0.3 is 29.2 Å². The van der Waals surface area contributed by atoms with Crippen LogP contribution >= 0.6 is 0 Å². The fourth-order valence-corrected chi connectivity index (χ4v) is 9.13. The molecule has 2 N–H and O–H groups in total. The summed E-state index contributed by atoms with van der Waals surface area (Å²) in [5, 5.41) is 2.06. The first-order valence-electron chi connectivity index (χ1n) is 18.1. The summed E-state index contributed by atoms with van der Waals surface area (Å²) >= 11 is 0. The Balaban J connectivity index is 1.17. The average molecular weight is 755 g/mol. The fourth-order valence-electron chi connectivity index (χ4n) is 7.75. The zero-order chi connectivity index (χ0) is 37.9. The van der Waals surface area contributed by atoms with Crippen molar-refractivity contribution in [2.45, 2.75) is 102 Å². The van der Waals surface area contributed by atoms with Gasteiger partial charge in [-0.15, -0.1) is 6.58 Å². The van der Waals surface area contributed by atoms with Crippen LogP contribution in [-0.2, 0) is 47.0 Å². The SMILES string of the molecule is C=C[C@H]1C[C@@]1(CC(=O)C1C[C@@H]2CN1C(=O)[C@H](C(C)(C)C)NC(=O)OCCC/C=C\c1c3c(cc4c1OCO4)CN(C3)C(=O)O2)C(=O)NS(=O)(=O)C1CC1. The van der Waals surface area contributed by atoms with Gasteiger partial charge in [-0.1, -0.05) is 39.0 Å². The third-order valence-corrected chi connectivity index (χ3v) is 12.8. The van der Waals surface area contributed by atoms with Gasteiger partial charge in [0, 0.05) is 24.9 Å². The second-order valence-electron chi connectivity index (χ2n) is 15.9. The number of carbonyl (C=O) groups is 5. The predicted molar refractivity (Wildman–Crippen MR) is 189 cm³/mol. The molecule has 1 aromatic rings. The van der Waals surface area contributed by atoms with Gasteiger partial charge in [-0.3, -0.25) is 24.0 Å². The van der Waals surface area contributed by atoms with Crippen LogP contribution in [0.1, 0.15) is 82.4 Å². The van der Waals surface area contributed by atoms with Crippen molar-refractivity contribution < 1.29 is 51.3 Å². The highest BCUT2D eigenvalue weighted by Gasteiger charge is 2.61. The van der Waals surface area contributed by atoms with Crippen molar-refractivity contribution in [2.24, 2.45) is 16.7 Å². The molecule has 1 aromatic carbocycles. The average Bonchev–Trinajstić information content (AvgIpc) is 3.91. The first kappa shape index (κ1) is 36.7. The van der Waals surface area contributed by atoms with Crippen LogP contribution in [0.15, 0.2) is 24.8 Å². The second-order valence-corrected chi connectivity index (χ2v) is 17.9. The van der Waals surface area contributed by atoms with Crippen molar-refractivity contribution in [3.8, 4) is 11.5 Å². The lowest BCUT2D eigenvalue weighted by atomic mass is 9.85. The molecule has 4 heterocycles. The maximum absolute atomic E-state index is 14.4. The largest absolute Gasteiger partial charge is 0.454 e. The maximum Gasteiger partial charge on any atom is 0.410 e. The van der Waals surface area contributed by atoms with Crippen LogP contribution in [0.2, 0.25) is 0 Å². The topological polar surface area (TPSA) is 187 Å². The van der Waals surface area contributed by atoms with E-state index < -0.39 is 80.0 Å². The molecule has 4 bridgehead atoms. The number of Topliss-reactive ketones (excluding diaryl/α,β-unsaturated/α-hetero) is 1. The lowest BCUT2D eigenvalue weighted by molar-refractivity contribution is -0.142. The summed E-state index contributed by atoms with van der Waals surface area (Å²) in [5.41, 5.74) is 0.375. The molecule has 3 fully saturated rings. The Labute approximate surface area is 308 Å². The molecule has 1 saturated heterocycles. The van der Waals surface area contributed by atoms with Crippen LogP contribution in [0.4, 0.5) is 9.59 Å². The Morgan fingerprint density at radius 3 is 2.60 bits per heavy atom. The minimum absolute atomic E-state index is 0.0563. The molecule has 4 aliphatic heterocycles. The number of sulfonamides is 1. The quantitative estimate of drug-likeness (QED) is 0.388. The number of nitrogens with zero attached hydrogens (tertiary/aromatic N) is 2. The fraction of sp³-hybridized carbons (Fsp3) is 0.595. The van der Waals surface area contributed by atoms with E-state index in [9.17, 15) is 32.4 Å². The molecule has 286 valence electrons. The summed E-state index contributed by atoms with van der Waals surface area (Å²) in [6, 6.07) is -0.401. The standard InChI is InChI=1S/C37H46N4O11S/c1-5-22-15-37(22,33(44)39-53(47,48)24-10-11-24)16-28(42)27-14-23-18-41(27)32(43)31(36(2,3)4)38-34(45)49-12-8-6-7-9-25-26-19-40(35(46)52-23)17-21(26)13-29-30(25)51-20-50-29/h5,7,9,13,22-24,27,31H,1,6,8,10-12,14-20H2,2-4H3,(H,38,45)(H,39,44)/b9-7-/t22-,23+,27?,31+,37-/m0/s1. The Hall–Kier alpha value is -4.60. The van der Waals surface area contributed by atoms with E-state index in [0.717, 1.165) is 16.7 Å². The lowest BCUT2D eigenvalue weighted by Gasteiger charge is -2.35. The summed E-state index contributed by atoms with van der Waals surface area (Å²) < 4.78 is 50.5. The van der Waals surface area contributed by atoms with Gasteiger partial charge in [-0.25, -0.2) is 18.0 Å². The molecule has 0 radical (unpaired) electrons. The second kappa shape index (κ2) is 13.7. The van der Waals surface area contributed by atoms with E-state index in [2.05, 4.69) is 16.6 Å². The summed E-state index contributed by atoms with van der Waals surface area (Å²) in [4.78, 5) is 71.8. The number of rotatable bonds is 7. The molecular formula is C37H46N4O11S. The highest BCUT2D eigenvalue weighted by molar-refractivity contribution is 7.90. The third kappa shape index (κ3) is 7.21. The van der Waals surface area contributed by atoms with Crippen molar-refractivity contribution in [2.75, 3.05) is 19.9 Å². The van der Waals surface area contributed by atoms with Crippen LogP contribution in [0.3, 0.4) is 0 Å². The number of hydrogen-bond donors (Lipinski definition) is 2. The number of allylic oxidation sites excluding steroid dienone is 2. The predicted octanol–water partition coefficient (Wildman–Crippen LogP) is 3.54. The summed E-state index contributed by atoms with van der Waals surface area (Å²) in [7, 11) is -3.88. The zero-order valence-corrected chi connectivity index (χ0v) is 31.0. The molecule has 7 rings (SSSR count). The van der Waals surface area contributed by atoms with E-state index in [1.807, 2.05) is 18.2 Å². The van der Waals surface area contributed by atoms with Gasteiger partial charge in [0.05, 0.1) is 36.4 Å². The first-order valence-corrected chi connectivity index (χ1v) is 19.7. The molecule has 0 aromatic heterocycles. The Morgan fingerprint density at radius 1 is 1.13 bits per heavy atom. The normalized spacial score (nSPS) is 29.2. The van der Waals surface area contributed by atoms with Gasteiger partial charge in [-0.2, -0.15) is 0 Å². The smallest absolute Gasteiger partial charge is 0.410 e. The van der Waals surface area contributed by atoms with Crippen LogP contribution in [0.25, 0.3) is 6.08 Å². The van der Waals surface area contributed by atoms with E-state index in [1.54, 1.807) is 20.8 Å². The minimum atomic E-state index is -3.88. The highest BCUT2D eigenvalue weighted by atomic mass is 32.2. The van der Waals surface area contributed by atoms with E-state index >= 15 is 0 Å². The number of benzene rings is 1. The number of carbonyl (C=O) groups excluding carboxylic acids is 5. The van der Waals surface area contributed by atoms with Crippen LogP contribution < -0.4 is 19.5 Å². The number of amides is 4. The molecule has 53 heavy (non-hydrogen) atoms. The van der Waals surface area contributed by atoms with Gasteiger partial charge in [0.1, 0.15) is 12.1 Å². The molecule has 4 amide bonds. The molecule has 2 aliphatic carbocycles. The number of ether oxygens (including phenoxy) is 4. The highest BCUT2D eigenvalue weighted by Crippen LogP contribution is 2.57. The van der Waals surface area contributed by atoms with Crippen LogP contribution in [-0.4, -0.2) is 91.4 Å². The number of nitrogens with one attached hydrogen (secondary N) is 2. The van der Waals surface area contributed by atoms with E-state index in [4.69, 9.17) is 18.9 Å². The molecule has 16 heteroatoms. The molecule has 0 spiro atoms.